The van der Waals surface area contributed by atoms with E-state index in [1.165, 1.54) is 32.1 Å². The Morgan fingerprint density at radius 1 is 1.14 bits per heavy atom. The topological polar surface area (TPSA) is 18.5 Å². The Bertz CT molecular complexity index is 530. The van der Waals surface area contributed by atoms with Gasteiger partial charge in [-0.3, -0.25) is 0 Å². The maximum Gasteiger partial charge on any atom is 0.171 e. The third kappa shape index (κ3) is 4.02. The summed E-state index contributed by atoms with van der Waals surface area (Å²) in [5.74, 6) is 2.18. The average molecular weight is 304 g/mol. The summed E-state index contributed by atoms with van der Waals surface area (Å²) in [6, 6.07) is 3.49. The van der Waals surface area contributed by atoms with E-state index in [4.69, 9.17) is 9.47 Å². The molecular weight excluding hydrogens is 279 g/mol. The normalized spacial score (nSPS) is 18.5. The highest BCUT2D eigenvalue weighted by Gasteiger charge is 2.18. The van der Waals surface area contributed by atoms with Gasteiger partial charge in [-0.25, -0.2) is 4.39 Å². The molecule has 0 radical (unpaired) electrons. The lowest BCUT2D eigenvalue weighted by atomic mass is 9.83. The fourth-order valence-corrected chi connectivity index (χ4v) is 2.70. The summed E-state index contributed by atoms with van der Waals surface area (Å²) >= 11 is 0. The third-order valence-corrected chi connectivity index (χ3v) is 4.67. The van der Waals surface area contributed by atoms with E-state index in [1.54, 1.807) is 13.0 Å². The van der Waals surface area contributed by atoms with Gasteiger partial charge in [0, 0.05) is 5.56 Å². The van der Waals surface area contributed by atoms with Crippen LogP contribution in [0.15, 0.2) is 24.3 Å². The first-order chi connectivity index (χ1) is 10.7. The molecule has 2 nitrogen and oxygen atoms in total. The first kappa shape index (κ1) is 15.4. The molecule has 0 saturated heterocycles. The SMILES string of the molecule is Cc1c(OC/C=C/C2CC2)ccc(OCCC2CCC2)c1F. The highest BCUT2D eigenvalue weighted by atomic mass is 19.1. The van der Waals surface area contributed by atoms with E-state index in [9.17, 15) is 4.39 Å². The van der Waals surface area contributed by atoms with Crippen molar-refractivity contribution in [3.05, 3.63) is 35.7 Å². The monoisotopic (exact) mass is 304 g/mol. The Morgan fingerprint density at radius 2 is 1.91 bits per heavy atom. The first-order valence-electron chi connectivity index (χ1n) is 8.45. The largest absolute Gasteiger partial charge is 0.490 e. The van der Waals surface area contributed by atoms with Crippen LogP contribution in [0.1, 0.15) is 44.1 Å². The fourth-order valence-electron chi connectivity index (χ4n) is 2.70. The molecule has 120 valence electrons. The number of allylic oxidation sites excluding steroid dienone is 1. The summed E-state index contributed by atoms with van der Waals surface area (Å²) in [5.41, 5.74) is 0.529. The fraction of sp³-hybridized carbons (Fsp3) is 0.579. The zero-order valence-corrected chi connectivity index (χ0v) is 13.3. The number of halogens is 1. The minimum atomic E-state index is -0.294. The van der Waals surface area contributed by atoms with Crippen molar-refractivity contribution in [2.24, 2.45) is 11.8 Å². The molecule has 2 saturated carbocycles. The summed E-state index contributed by atoms with van der Waals surface area (Å²) in [7, 11) is 0. The third-order valence-electron chi connectivity index (χ3n) is 4.67. The Balaban J connectivity index is 1.50. The van der Waals surface area contributed by atoms with Crippen LogP contribution in [0.25, 0.3) is 0 Å². The van der Waals surface area contributed by atoms with Gasteiger partial charge in [0.05, 0.1) is 6.61 Å². The second-order valence-corrected chi connectivity index (χ2v) is 6.51. The van der Waals surface area contributed by atoms with Crippen molar-refractivity contribution in [1.82, 2.24) is 0 Å². The van der Waals surface area contributed by atoms with E-state index in [-0.39, 0.29) is 5.82 Å². The minimum absolute atomic E-state index is 0.294. The molecule has 0 heterocycles. The van der Waals surface area contributed by atoms with Crippen LogP contribution in [-0.2, 0) is 0 Å². The van der Waals surface area contributed by atoms with Gasteiger partial charge in [-0.15, -0.1) is 0 Å². The number of rotatable bonds is 8. The van der Waals surface area contributed by atoms with Crippen LogP contribution in [0.4, 0.5) is 4.39 Å². The zero-order chi connectivity index (χ0) is 15.4. The molecule has 3 heteroatoms. The minimum Gasteiger partial charge on any atom is -0.490 e. The molecule has 0 amide bonds. The molecule has 2 aliphatic carbocycles. The summed E-state index contributed by atoms with van der Waals surface area (Å²) in [6.07, 6.45) is 11.7. The summed E-state index contributed by atoms with van der Waals surface area (Å²) in [4.78, 5) is 0. The Kier molecular flexibility index (Phi) is 5.01. The number of ether oxygens (including phenoxy) is 2. The van der Waals surface area contributed by atoms with Crippen molar-refractivity contribution in [3.8, 4) is 11.5 Å². The van der Waals surface area contributed by atoms with Gasteiger partial charge < -0.3 is 9.47 Å². The van der Waals surface area contributed by atoms with E-state index in [2.05, 4.69) is 6.08 Å². The van der Waals surface area contributed by atoms with Crippen molar-refractivity contribution >= 4 is 0 Å². The lowest BCUT2D eigenvalue weighted by Gasteiger charge is -2.25. The summed E-state index contributed by atoms with van der Waals surface area (Å²) in [6.45, 7) is 2.85. The highest BCUT2D eigenvalue weighted by Crippen LogP contribution is 2.32. The van der Waals surface area contributed by atoms with Crippen LogP contribution in [0, 0.1) is 24.6 Å². The highest BCUT2D eigenvalue weighted by molar-refractivity contribution is 5.41. The van der Waals surface area contributed by atoms with E-state index < -0.39 is 0 Å². The lowest BCUT2D eigenvalue weighted by Crippen LogP contribution is -2.14. The maximum absolute atomic E-state index is 14.3. The molecule has 2 aliphatic rings. The van der Waals surface area contributed by atoms with Gasteiger partial charge in [0.1, 0.15) is 12.4 Å². The molecule has 1 aromatic rings. The van der Waals surface area contributed by atoms with Crippen LogP contribution >= 0.6 is 0 Å². The molecule has 0 unspecified atom stereocenters. The van der Waals surface area contributed by atoms with Crippen molar-refractivity contribution < 1.29 is 13.9 Å². The van der Waals surface area contributed by atoms with E-state index in [0.717, 1.165) is 18.3 Å². The van der Waals surface area contributed by atoms with Gasteiger partial charge in [0.15, 0.2) is 11.6 Å². The maximum atomic E-state index is 14.3. The first-order valence-corrected chi connectivity index (χ1v) is 8.45. The van der Waals surface area contributed by atoms with Crippen molar-refractivity contribution in [2.75, 3.05) is 13.2 Å². The molecule has 0 N–H and O–H groups in total. The summed E-state index contributed by atoms with van der Waals surface area (Å²) in [5, 5.41) is 0. The Morgan fingerprint density at radius 3 is 2.59 bits per heavy atom. The van der Waals surface area contributed by atoms with Crippen LogP contribution in [0.5, 0.6) is 11.5 Å². The predicted octanol–water partition coefficient (Wildman–Crippen LogP) is 5.05. The number of hydrogen-bond acceptors (Lipinski definition) is 2. The van der Waals surface area contributed by atoms with Gasteiger partial charge in [0.25, 0.3) is 0 Å². The van der Waals surface area contributed by atoms with E-state index in [1.807, 2.05) is 12.1 Å². The molecular formula is C19H25FO2. The van der Waals surface area contributed by atoms with Crippen LogP contribution in [0.3, 0.4) is 0 Å². The molecule has 2 fully saturated rings. The quantitative estimate of drug-likeness (QED) is 0.626. The second-order valence-electron chi connectivity index (χ2n) is 6.51. The lowest BCUT2D eigenvalue weighted by molar-refractivity contribution is 0.216. The Labute approximate surface area is 132 Å². The molecule has 3 rings (SSSR count). The Hall–Kier alpha value is -1.51. The van der Waals surface area contributed by atoms with Crippen LogP contribution in [-0.4, -0.2) is 13.2 Å². The van der Waals surface area contributed by atoms with Gasteiger partial charge in [-0.05, 0) is 50.2 Å². The predicted molar refractivity (Wildman–Crippen MR) is 85.9 cm³/mol. The molecule has 0 spiro atoms. The number of hydrogen-bond donors (Lipinski definition) is 0. The van der Waals surface area contributed by atoms with E-state index >= 15 is 0 Å². The van der Waals surface area contributed by atoms with Crippen molar-refractivity contribution in [1.29, 1.82) is 0 Å². The smallest absolute Gasteiger partial charge is 0.171 e. The van der Waals surface area contributed by atoms with Crippen LogP contribution < -0.4 is 9.47 Å². The van der Waals surface area contributed by atoms with Crippen molar-refractivity contribution in [3.63, 3.8) is 0 Å². The molecule has 1 aromatic carbocycles. The number of benzene rings is 1. The van der Waals surface area contributed by atoms with Gasteiger partial charge in [-0.1, -0.05) is 31.4 Å². The standard InChI is InChI=1S/C19H25FO2/c1-14-17(21-12-3-6-16-7-8-16)9-10-18(19(14)20)22-13-11-15-4-2-5-15/h3,6,9-10,15-16H,2,4-5,7-8,11-13H2,1H3/b6-3+. The van der Waals surface area contributed by atoms with Gasteiger partial charge >= 0.3 is 0 Å². The second kappa shape index (κ2) is 7.17. The summed E-state index contributed by atoms with van der Waals surface area (Å²) < 4.78 is 25.5. The van der Waals surface area contributed by atoms with Crippen molar-refractivity contribution in [2.45, 2.75) is 45.4 Å². The molecule has 0 aromatic heterocycles. The van der Waals surface area contributed by atoms with Gasteiger partial charge in [0.2, 0.25) is 0 Å². The van der Waals surface area contributed by atoms with Crippen LogP contribution in [0.2, 0.25) is 0 Å². The zero-order valence-electron chi connectivity index (χ0n) is 13.3. The molecule has 22 heavy (non-hydrogen) atoms. The average Bonchev–Trinajstić information content (AvgIpc) is 3.28. The molecule has 0 aliphatic heterocycles. The van der Waals surface area contributed by atoms with Gasteiger partial charge in [-0.2, -0.15) is 0 Å². The molecule has 0 bridgehead atoms. The van der Waals surface area contributed by atoms with E-state index in [0.29, 0.717) is 30.3 Å². The molecule has 0 atom stereocenters.